The number of benzene rings is 1. The Hall–Kier alpha value is -3.93. The van der Waals surface area contributed by atoms with Gasteiger partial charge in [0.1, 0.15) is 11.4 Å². The van der Waals surface area contributed by atoms with Crippen LogP contribution >= 0.6 is 0 Å². The van der Waals surface area contributed by atoms with Gasteiger partial charge >= 0.3 is 0 Å². The van der Waals surface area contributed by atoms with E-state index >= 15 is 0 Å². The number of aromatic amines is 1. The number of hydrogen-bond donors (Lipinski definition) is 2. The number of methoxy groups -OCH3 is 1. The van der Waals surface area contributed by atoms with Gasteiger partial charge in [-0.2, -0.15) is 0 Å². The monoisotopic (exact) mass is 370 g/mol. The number of H-pyrrole nitrogens is 1. The predicted octanol–water partition coefficient (Wildman–Crippen LogP) is 3.80. The van der Waals surface area contributed by atoms with Crippen LogP contribution in [-0.4, -0.2) is 28.0 Å². The Kier molecular flexibility index (Phi) is 4.60. The van der Waals surface area contributed by atoms with Crippen LogP contribution in [0.25, 0.3) is 39.4 Å². The summed E-state index contributed by atoms with van der Waals surface area (Å²) in [6.45, 7) is 0. The van der Waals surface area contributed by atoms with Crippen molar-refractivity contribution in [2.45, 2.75) is 0 Å². The Morgan fingerprint density at radius 3 is 2.68 bits per heavy atom. The molecule has 0 aliphatic heterocycles. The number of carbonyl (C=O) groups is 1. The van der Waals surface area contributed by atoms with E-state index in [1.807, 2.05) is 42.7 Å². The number of rotatable bonds is 5. The molecule has 0 bridgehead atoms. The highest BCUT2D eigenvalue weighted by Crippen LogP contribution is 2.32. The molecule has 0 aliphatic carbocycles. The molecule has 0 unspecified atom stereocenters. The Bertz CT molecular complexity index is 1180. The lowest BCUT2D eigenvalue weighted by molar-refractivity contribution is -0.113. The van der Waals surface area contributed by atoms with E-state index in [0.29, 0.717) is 5.75 Å². The molecule has 3 N–H and O–H groups in total. The van der Waals surface area contributed by atoms with Gasteiger partial charge in [-0.3, -0.25) is 9.78 Å². The molecule has 6 nitrogen and oxygen atoms in total. The minimum atomic E-state index is -0.498. The molecule has 3 heterocycles. The molecule has 0 fully saturated rings. The summed E-state index contributed by atoms with van der Waals surface area (Å²) >= 11 is 0. The van der Waals surface area contributed by atoms with E-state index in [1.165, 1.54) is 6.08 Å². The standard InChI is InChI=1S/C22H18N4O2/c1-28-18-9-14(2-3-21(23)27)8-16(10-18)17-11-19-20(13-26-22(19)25-12-17)15-4-6-24-7-5-15/h2-13H,1H3,(H2,23,27)(H,25,26). The molecule has 0 atom stereocenters. The van der Waals surface area contributed by atoms with Gasteiger partial charge in [-0.15, -0.1) is 0 Å². The summed E-state index contributed by atoms with van der Waals surface area (Å²) in [7, 11) is 1.61. The molecule has 0 radical (unpaired) electrons. The number of nitrogens with zero attached hydrogens (tertiary/aromatic N) is 2. The van der Waals surface area contributed by atoms with Crippen LogP contribution in [0.5, 0.6) is 5.75 Å². The van der Waals surface area contributed by atoms with Gasteiger partial charge in [-0.1, -0.05) is 0 Å². The third-order valence-corrected chi connectivity index (χ3v) is 4.46. The third kappa shape index (κ3) is 3.48. The van der Waals surface area contributed by atoms with Gasteiger partial charge < -0.3 is 15.5 Å². The topological polar surface area (TPSA) is 93.9 Å². The van der Waals surface area contributed by atoms with Gasteiger partial charge in [0, 0.05) is 47.4 Å². The number of fused-ring (bicyclic) bond motifs is 1. The van der Waals surface area contributed by atoms with Crippen LogP contribution in [0.3, 0.4) is 0 Å². The van der Waals surface area contributed by atoms with Crippen molar-refractivity contribution >= 4 is 23.0 Å². The number of hydrogen-bond acceptors (Lipinski definition) is 4. The highest BCUT2D eigenvalue weighted by Gasteiger charge is 2.10. The van der Waals surface area contributed by atoms with Crippen molar-refractivity contribution in [3.63, 3.8) is 0 Å². The van der Waals surface area contributed by atoms with E-state index in [-0.39, 0.29) is 0 Å². The smallest absolute Gasteiger partial charge is 0.241 e. The summed E-state index contributed by atoms with van der Waals surface area (Å²) in [6.07, 6.45) is 10.3. The van der Waals surface area contributed by atoms with Gasteiger partial charge in [0.05, 0.1) is 7.11 Å². The molecule has 6 heteroatoms. The number of amides is 1. The lowest BCUT2D eigenvalue weighted by Gasteiger charge is -2.08. The molecular weight excluding hydrogens is 352 g/mol. The van der Waals surface area contributed by atoms with E-state index in [2.05, 4.69) is 21.0 Å². The molecule has 28 heavy (non-hydrogen) atoms. The fraction of sp³-hybridized carbons (Fsp3) is 0.0455. The maximum Gasteiger partial charge on any atom is 0.241 e. The molecule has 3 aromatic heterocycles. The van der Waals surface area contributed by atoms with E-state index in [9.17, 15) is 4.79 Å². The van der Waals surface area contributed by atoms with Crippen LogP contribution in [0.15, 0.2) is 67.3 Å². The number of ether oxygens (including phenoxy) is 1. The van der Waals surface area contributed by atoms with Crippen molar-refractivity contribution in [3.8, 4) is 28.0 Å². The van der Waals surface area contributed by atoms with Gasteiger partial charge in [-0.05, 0) is 59.2 Å². The molecule has 0 aliphatic rings. The lowest BCUT2D eigenvalue weighted by atomic mass is 10.0. The zero-order valence-corrected chi connectivity index (χ0v) is 15.2. The molecule has 0 saturated carbocycles. The van der Waals surface area contributed by atoms with E-state index in [1.54, 1.807) is 25.6 Å². The minimum Gasteiger partial charge on any atom is -0.497 e. The summed E-state index contributed by atoms with van der Waals surface area (Å²) in [4.78, 5) is 22.9. The number of pyridine rings is 2. The zero-order valence-electron chi connectivity index (χ0n) is 15.2. The number of primary amides is 1. The Balaban J connectivity index is 1.83. The Labute approximate surface area is 161 Å². The van der Waals surface area contributed by atoms with Crippen molar-refractivity contribution in [2.75, 3.05) is 7.11 Å². The van der Waals surface area contributed by atoms with Gasteiger partial charge in [0.25, 0.3) is 0 Å². The van der Waals surface area contributed by atoms with Gasteiger partial charge in [0.15, 0.2) is 0 Å². The molecule has 1 aromatic carbocycles. The summed E-state index contributed by atoms with van der Waals surface area (Å²) in [5.41, 5.74) is 10.8. The molecule has 1 amide bonds. The highest BCUT2D eigenvalue weighted by molar-refractivity contribution is 5.96. The second-order valence-electron chi connectivity index (χ2n) is 6.29. The third-order valence-electron chi connectivity index (χ3n) is 4.46. The largest absolute Gasteiger partial charge is 0.497 e. The second kappa shape index (κ2) is 7.36. The zero-order chi connectivity index (χ0) is 19.5. The molecule has 0 saturated heterocycles. The van der Waals surface area contributed by atoms with E-state index < -0.39 is 5.91 Å². The van der Waals surface area contributed by atoms with Crippen molar-refractivity contribution < 1.29 is 9.53 Å². The first-order chi connectivity index (χ1) is 13.6. The quantitative estimate of drug-likeness (QED) is 0.523. The average Bonchev–Trinajstić information content (AvgIpc) is 3.16. The first-order valence-corrected chi connectivity index (χ1v) is 8.68. The van der Waals surface area contributed by atoms with Crippen LogP contribution < -0.4 is 10.5 Å². The first-order valence-electron chi connectivity index (χ1n) is 8.68. The fourth-order valence-electron chi connectivity index (χ4n) is 3.11. The van der Waals surface area contributed by atoms with Crippen LogP contribution in [-0.2, 0) is 4.79 Å². The van der Waals surface area contributed by atoms with Crippen LogP contribution in [0.4, 0.5) is 0 Å². The summed E-state index contributed by atoms with van der Waals surface area (Å²) in [5.74, 6) is 0.187. The normalized spacial score (nSPS) is 11.2. The number of nitrogens with one attached hydrogen (secondary N) is 1. The van der Waals surface area contributed by atoms with Crippen LogP contribution in [0, 0.1) is 0 Å². The van der Waals surface area contributed by atoms with E-state index in [4.69, 9.17) is 10.5 Å². The maximum atomic E-state index is 11.1. The highest BCUT2D eigenvalue weighted by atomic mass is 16.5. The SMILES string of the molecule is COc1cc(C=CC(N)=O)cc(-c2cnc3[nH]cc(-c4ccncc4)c3c2)c1. The van der Waals surface area contributed by atoms with Gasteiger partial charge in [-0.25, -0.2) is 4.98 Å². The summed E-state index contributed by atoms with van der Waals surface area (Å²) < 4.78 is 5.41. The number of nitrogens with two attached hydrogens (primary N) is 1. The number of carbonyl (C=O) groups excluding carboxylic acids is 1. The lowest BCUT2D eigenvalue weighted by Crippen LogP contribution is -2.05. The van der Waals surface area contributed by atoms with Crippen molar-refractivity contribution in [2.24, 2.45) is 5.73 Å². The second-order valence-corrected chi connectivity index (χ2v) is 6.29. The fourth-order valence-corrected chi connectivity index (χ4v) is 3.11. The number of aromatic nitrogens is 3. The molecule has 4 aromatic rings. The first kappa shape index (κ1) is 17.5. The predicted molar refractivity (Wildman–Crippen MR) is 110 cm³/mol. The minimum absolute atomic E-state index is 0.498. The summed E-state index contributed by atoms with van der Waals surface area (Å²) in [6, 6.07) is 11.8. The van der Waals surface area contributed by atoms with Crippen molar-refractivity contribution in [1.29, 1.82) is 0 Å². The molecule has 0 spiro atoms. The maximum absolute atomic E-state index is 11.1. The van der Waals surface area contributed by atoms with Gasteiger partial charge in [0.2, 0.25) is 5.91 Å². The summed E-state index contributed by atoms with van der Waals surface area (Å²) in [5, 5.41) is 1.01. The Morgan fingerprint density at radius 1 is 1.11 bits per heavy atom. The van der Waals surface area contributed by atoms with E-state index in [0.717, 1.165) is 38.9 Å². The van der Waals surface area contributed by atoms with Crippen LogP contribution in [0.1, 0.15) is 5.56 Å². The molecule has 4 rings (SSSR count). The van der Waals surface area contributed by atoms with Crippen molar-refractivity contribution in [3.05, 3.63) is 72.8 Å². The molecule has 138 valence electrons. The van der Waals surface area contributed by atoms with Crippen LogP contribution in [0.2, 0.25) is 0 Å². The Morgan fingerprint density at radius 2 is 1.93 bits per heavy atom. The molecular formula is C22H18N4O2. The van der Waals surface area contributed by atoms with Crippen molar-refractivity contribution in [1.82, 2.24) is 15.0 Å². The average molecular weight is 370 g/mol.